The first kappa shape index (κ1) is 25.1. The third kappa shape index (κ3) is 8.08. The van der Waals surface area contributed by atoms with Crippen molar-refractivity contribution >= 4 is 18.0 Å². The van der Waals surface area contributed by atoms with Crippen molar-refractivity contribution in [1.82, 2.24) is 10.6 Å². The Bertz CT molecular complexity index is 1130. The van der Waals surface area contributed by atoms with Gasteiger partial charge in [-0.2, -0.15) is 0 Å². The summed E-state index contributed by atoms with van der Waals surface area (Å²) in [5, 5.41) is 33.5. The number of hydrogen-bond donors (Lipinski definition) is 5. The number of ether oxygens (including phenoxy) is 1. The molecule has 0 saturated heterocycles. The first-order chi connectivity index (χ1) is 16.8. The highest BCUT2D eigenvalue weighted by atomic mass is 16.5. The fraction of sp³-hybridized carbons (Fsp3) is 0.192. The summed E-state index contributed by atoms with van der Waals surface area (Å²) in [6.45, 7) is -0.00117. The van der Waals surface area contributed by atoms with E-state index in [1.807, 2.05) is 6.07 Å². The minimum Gasteiger partial charge on any atom is -0.508 e. The Hall–Kier alpha value is -4.53. The summed E-state index contributed by atoms with van der Waals surface area (Å²) < 4.78 is 5.21. The van der Waals surface area contributed by atoms with E-state index < -0.39 is 30.1 Å². The van der Waals surface area contributed by atoms with E-state index >= 15 is 0 Å². The van der Waals surface area contributed by atoms with Crippen molar-refractivity contribution in [2.75, 3.05) is 0 Å². The molecule has 0 spiro atoms. The van der Waals surface area contributed by atoms with Gasteiger partial charge in [0.2, 0.25) is 5.91 Å². The van der Waals surface area contributed by atoms with Crippen LogP contribution in [0.1, 0.15) is 16.7 Å². The van der Waals surface area contributed by atoms with Crippen molar-refractivity contribution in [1.29, 1.82) is 0 Å². The molecule has 0 fully saturated rings. The van der Waals surface area contributed by atoms with Crippen LogP contribution < -0.4 is 10.6 Å². The van der Waals surface area contributed by atoms with E-state index in [2.05, 4.69) is 10.6 Å². The molecule has 2 atom stereocenters. The summed E-state index contributed by atoms with van der Waals surface area (Å²) >= 11 is 0. The number of nitrogens with one attached hydrogen (secondary N) is 2. The van der Waals surface area contributed by atoms with E-state index in [1.165, 1.54) is 24.3 Å². The Morgan fingerprint density at radius 3 is 1.71 bits per heavy atom. The number of amides is 2. The highest BCUT2D eigenvalue weighted by molar-refractivity contribution is 5.89. The number of carbonyl (C=O) groups is 3. The molecule has 3 aromatic carbocycles. The van der Waals surface area contributed by atoms with Crippen LogP contribution in [-0.2, 0) is 33.8 Å². The van der Waals surface area contributed by atoms with Crippen LogP contribution in [0, 0.1) is 0 Å². The highest BCUT2D eigenvalue weighted by Crippen LogP contribution is 2.14. The maximum Gasteiger partial charge on any atom is 0.408 e. The maximum atomic E-state index is 13.0. The van der Waals surface area contributed by atoms with Crippen LogP contribution in [0.4, 0.5) is 4.79 Å². The van der Waals surface area contributed by atoms with E-state index in [0.29, 0.717) is 11.1 Å². The van der Waals surface area contributed by atoms with Gasteiger partial charge in [0.05, 0.1) is 0 Å². The first-order valence-electron chi connectivity index (χ1n) is 10.9. The monoisotopic (exact) mass is 478 g/mol. The molecule has 0 bridgehead atoms. The lowest BCUT2D eigenvalue weighted by atomic mass is 10.0. The SMILES string of the molecule is O=C(NC(Cc1ccc(O)cc1)C(=O)NC(Cc1ccc(O)cc1)C(=O)O)OCc1ccccc1. The standard InChI is InChI=1S/C26H26N2O7/c29-20-10-6-17(7-11-20)14-22(28-26(34)35-16-19-4-2-1-3-5-19)24(31)27-23(25(32)33)15-18-8-12-21(30)13-9-18/h1-13,22-23,29-30H,14-16H2,(H,27,31)(H,28,34)(H,32,33). The third-order valence-corrected chi connectivity index (χ3v) is 5.19. The summed E-state index contributed by atoms with van der Waals surface area (Å²) in [4.78, 5) is 37.3. The molecular formula is C26H26N2O7. The summed E-state index contributed by atoms with van der Waals surface area (Å²) in [6.07, 6.45) is -0.817. The van der Waals surface area contributed by atoms with Crippen LogP contribution in [0.15, 0.2) is 78.9 Å². The predicted octanol–water partition coefficient (Wildman–Crippen LogP) is 2.75. The quantitative estimate of drug-likeness (QED) is 0.301. The zero-order chi connectivity index (χ0) is 25.2. The van der Waals surface area contributed by atoms with Gasteiger partial charge >= 0.3 is 12.1 Å². The summed E-state index contributed by atoms with van der Waals surface area (Å²) in [5.74, 6) is -1.87. The molecule has 182 valence electrons. The van der Waals surface area contributed by atoms with Crippen LogP contribution in [-0.4, -0.2) is 45.4 Å². The molecule has 2 amide bonds. The van der Waals surface area contributed by atoms with Crippen molar-refractivity contribution < 1.29 is 34.4 Å². The predicted molar refractivity (Wildman–Crippen MR) is 127 cm³/mol. The van der Waals surface area contributed by atoms with Gasteiger partial charge in [-0.05, 0) is 41.0 Å². The zero-order valence-electron chi connectivity index (χ0n) is 18.8. The van der Waals surface area contributed by atoms with Gasteiger partial charge < -0.3 is 30.7 Å². The van der Waals surface area contributed by atoms with E-state index in [4.69, 9.17) is 4.74 Å². The Morgan fingerprint density at radius 2 is 1.20 bits per heavy atom. The molecule has 0 aliphatic rings. The number of carboxylic acid groups (broad SMARTS) is 1. The number of aliphatic carboxylic acids is 1. The number of phenolic OH excluding ortho intramolecular Hbond substituents is 2. The van der Waals surface area contributed by atoms with Crippen LogP contribution in [0.2, 0.25) is 0 Å². The normalized spacial score (nSPS) is 12.2. The van der Waals surface area contributed by atoms with Crippen molar-refractivity contribution in [2.45, 2.75) is 31.5 Å². The first-order valence-corrected chi connectivity index (χ1v) is 10.9. The molecule has 3 aromatic rings. The molecule has 0 aliphatic heterocycles. The van der Waals surface area contributed by atoms with E-state index in [-0.39, 0.29) is 30.9 Å². The van der Waals surface area contributed by atoms with Gasteiger partial charge in [-0.15, -0.1) is 0 Å². The summed E-state index contributed by atoms with van der Waals surface area (Å²) in [7, 11) is 0. The topological polar surface area (TPSA) is 145 Å². The number of phenols is 2. The Balaban J connectivity index is 1.70. The molecule has 2 unspecified atom stereocenters. The minimum atomic E-state index is -1.27. The van der Waals surface area contributed by atoms with Gasteiger partial charge in [-0.25, -0.2) is 9.59 Å². The van der Waals surface area contributed by atoms with Crippen molar-refractivity contribution in [3.8, 4) is 11.5 Å². The second-order valence-electron chi connectivity index (χ2n) is 7.90. The molecule has 5 N–H and O–H groups in total. The minimum absolute atomic E-state index is 0.00117. The number of benzene rings is 3. The fourth-order valence-corrected chi connectivity index (χ4v) is 3.32. The molecule has 9 nitrogen and oxygen atoms in total. The van der Waals surface area contributed by atoms with Gasteiger partial charge in [0.15, 0.2) is 0 Å². The smallest absolute Gasteiger partial charge is 0.408 e. The molecule has 0 aliphatic carbocycles. The fourth-order valence-electron chi connectivity index (χ4n) is 3.32. The lowest BCUT2D eigenvalue weighted by Crippen LogP contribution is -2.53. The van der Waals surface area contributed by atoms with Gasteiger partial charge in [-0.3, -0.25) is 4.79 Å². The average molecular weight is 479 g/mol. The van der Waals surface area contributed by atoms with E-state index in [9.17, 15) is 29.7 Å². The number of rotatable bonds is 10. The number of carbonyl (C=O) groups excluding carboxylic acids is 2. The second kappa shape index (κ2) is 12.1. The lowest BCUT2D eigenvalue weighted by molar-refractivity contribution is -0.142. The van der Waals surface area contributed by atoms with E-state index in [0.717, 1.165) is 5.56 Å². The maximum absolute atomic E-state index is 13.0. The van der Waals surface area contributed by atoms with Crippen molar-refractivity contribution in [3.05, 3.63) is 95.6 Å². The molecular weight excluding hydrogens is 452 g/mol. The highest BCUT2D eigenvalue weighted by Gasteiger charge is 2.27. The van der Waals surface area contributed by atoms with Gasteiger partial charge in [0.1, 0.15) is 30.2 Å². The van der Waals surface area contributed by atoms with E-state index in [1.54, 1.807) is 48.5 Å². The van der Waals surface area contributed by atoms with Gasteiger partial charge in [0.25, 0.3) is 0 Å². The van der Waals surface area contributed by atoms with Gasteiger partial charge in [0, 0.05) is 12.8 Å². The van der Waals surface area contributed by atoms with Gasteiger partial charge in [-0.1, -0.05) is 54.6 Å². The van der Waals surface area contributed by atoms with Crippen LogP contribution in [0.3, 0.4) is 0 Å². The molecule has 35 heavy (non-hydrogen) atoms. The summed E-state index contributed by atoms with van der Waals surface area (Å²) in [5.41, 5.74) is 2.00. The van der Waals surface area contributed by atoms with Crippen LogP contribution in [0.5, 0.6) is 11.5 Å². The average Bonchev–Trinajstić information content (AvgIpc) is 2.85. The molecule has 0 radical (unpaired) electrons. The van der Waals surface area contributed by atoms with Crippen molar-refractivity contribution in [3.63, 3.8) is 0 Å². The number of alkyl carbamates (subject to hydrolysis) is 1. The molecule has 3 rings (SSSR count). The van der Waals surface area contributed by atoms with Crippen molar-refractivity contribution in [2.24, 2.45) is 0 Å². The van der Waals surface area contributed by atoms with Crippen LogP contribution >= 0.6 is 0 Å². The number of hydrogen-bond acceptors (Lipinski definition) is 6. The Morgan fingerprint density at radius 1 is 0.686 bits per heavy atom. The summed E-state index contributed by atoms with van der Waals surface area (Å²) in [6, 6.07) is 18.7. The molecule has 0 aromatic heterocycles. The Labute approximate surface area is 202 Å². The van der Waals surface area contributed by atoms with Crippen LogP contribution in [0.25, 0.3) is 0 Å². The molecule has 0 heterocycles. The largest absolute Gasteiger partial charge is 0.508 e. The third-order valence-electron chi connectivity index (χ3n) is 5.19. The number of aromatic hydroxyl groups is 2. The molecule has 9 heteroatoms. The zero-order valence-corrected chi connectivity index (χ0v) is 18.8. The lowest BCUT2D eigenvalue weighted by Gasteiger charge is -2.21. The number of carboxylic acids is 1. The molecule has 0 saturated carbocycles. The Kier molecular flexibility index (Phi) is 8.66. The second-order valence-corrected chi connectivity index (χ2v) is 7.90.